The normalized spacial score (nSPS) is 14.2. The van der Waals surface area contributed by atoms with Gasteiger partial charge in [-0.1, -0.05) is 81.4 Å². The summed E-state index contributed by atoms with van der Waals surface area (Å²) in [6.45, 7) is 6.20. The molecule has 226 valence electrons. The number of carbonyl (C=O) groups is 2. The van der Waals surface area contributed by atoms with Crippen molar-refractivity contribution in [3.8, 4) is 11.3 Å². The van der Waals surface area contributed by atoms with Gasteiger partial charge in [0.25, 0.3) is 0 Å². The molecule has 1 unspecified atom stereocenters. The molecule has 0 fully saturated rings. The van der Waals surface area contributed by atoms with Crippen molar-refractivity contribution in [2.45, 2.75) is 64.3 Å². The molecule has 0 radical (unpaired) electrons. The van der Waals surface area contributed by atoms with E-state index < -0.39 is 30.4 Å². The third-order valence-electron chi connectivity index (χ3n) is 7.23. The van der Waals surface area contributed by atoms with Crippen molar-refractivity contribution in [2.24, 2.45) is 5.41 Å². The average molecular weight is 603 g/mol. The van der Waals surface area contributed by atoms with Gasteiger partial charge in [-0.2, -0.15) is 0 Å². The van der Waals surface area contributed by atoms with E-state index in [2.05, 4.69) is 20.6 Å². The molecule has 0 bridgehead atoms. The third kappa shape index (κ3) is 9.36. The lowest BCUT2D eigenvalue weighted by molar-refractivity contribution is 0.0615. The van der Waals surface area contributed by atoms with Crippen LogP contribution in [0.5, 0.6) is 0 Å². The smallest absolute Gasteiger partial charge is 0.407 e. The van der Waals surface area contributed by atoms with Gasteiger partial charge in [-0.05, 0) is 41.5 Å². The number of alkyl carbamates (subject to hydrolysis) is 1. The largest absolute Gasteiger partial charge is 0.465 e. The second-order valence-electron chi connectivity index (χ2n) is 11.5. The standard InChI is InChI=1S/C33H38N4O5S/c1-33(2,3)29(24-9-5-4-6-10-24)30(37-32(41)42-20-26-19-34-21-43-26)28(38)18-25(36-31(39)40)17-22-12-14-23(15-13-22)27-11-7-8-16-35-27/h4-16,19,21,25,28-30,36,38H,17-18,20H2,1-3H3,(H,37,41)(H,39,40)/t25-,28-,29?,30+/m0/s1. The highest BCUT2D eigenvalue weighted by Crippen LogP contribution is 2.39. The molecule has 9 nitrogen and oxygen atoms in total. The van der Waals surface area contributed by atoms with Crippen LogP contribution in [0.2, 0.25) is 0 Å². The average Bonchev–Trinajstić information content (AvgIpc) is 3.50. The van der Waals surface area contributed by atoms with Gasteiger partial charge in [-0.15, -0.1) is 11.3 Å². The van der Waals surface area contributed by atoms with Crippen molar-refractivity contribution >= 4 is 23.5 Å². The molecule has 10 heteroatoms. The maximum atomic E-state index is 13.0. The fourth-order valence-corrected chi connectivity index (χ4v) is 5.88. The van der Waals surface area contributed by atoms with Gasteiger partial charge in [-0.25, -0.2) is 9.59 Å². The number of aliphatic hydroxyl groups is 1. The zero-order chi connectivity index (χ0) is 30.8. The fraction of sp³-hybridized carbons (Fsp3) is 0.333. The number of nitrogens with one attached hydrogen (secondary N) is 2. The van der Waals surface area contributed by atoms with Gasteiger partial charge >= 0.3 is 12.2 Å². The number of benzene rings is 2. The number of ether oxygens (including phenoxy) is 1. The minimum Gasteiger partial charge on any atom is -0.465 e. The lowest BCUT2D eigenvalue weighted by atomic mass is 9.70. The van der Waals surface area contributed by atoms with Gasteiger partial charge in [-0.3, -0.25) is 9.97 Å². The Morgan fingerprint density at radius 2 is 1.70 bits per heavy atom. The number of nitrogens with zero attached hydrogens (tertiary/aromatic N) is 2. The molecule has 0 aliphatic rings. The summed E-state index contributed by atoms with van der Waals surface area (Å²) in [7, 11) is 0. The molecule has 4 atom stereocenters. The predicted octanol–water partition coefficient (Wildman–Crippen LogP) is 6.26. The first-order chi connectivity index (χ1) is 20.6. The fourth-order valence-electron chi connectivity index (χ4n) is 5.37. The molecule has 0 saturated heterocycles. The van der Waals surface area contributed by atoms with Gasteiger partial charge in [0.15, 0.2) is 0 Å². The zero-order valence-corrected chi connectivity index (χ0v) is 25.3. The summed E-state index contributed by atoms with van der Waals surface area (Å²) in [6, 6.07) is 21.7. The number of aliphatic hydroxyl groups excluding tert-OH is 1. The molecular formula is C33H38N4O5S. The zero-order valence-electron chi connectivity index (χ0n) is 24.5. The molecule has 2 amide bonds. The Morgan fingerprint density at radius 1 is 0.977 bits per heavy atom. The lowest BCUT2D eigenvalue weighted by Gasteiger charge is -2.40. The molecule has 4 aromatic rings. The minimum absolute atomic E-state index is 0.0581. The summed E-state index contributed by atoms with van der Waals surface area (Å²) in [4.78, 5) is 34.0. The van der Waals surface area contributed by atoms with Gasteiger partial charge < -0.3 is 25.6 Å². The van der Waals surface area contributed by atoms with Gasteiger partial charge in [0.05, 0.1) is 28.2 Å². The first-order valence-electron chi connectivity index (χ1n) is 14.1. The van der Waals surface area contributed by atoms with Crippen molar-refractivity contribution < 1.29 is 24.5 Å². The minimum atomic E-state index is -1.19. The third-order valence-corrected chi connectivity index (χ3v) is 7.98. The van der Waals surface area contributed by atoms with Crippen LogP contribution in [0, 0.1) is 5.41 Å². The van der Waals surface area contributed by atoms with Crippen molar-refractivity contribution in [1.82, 2.24) is 20.6 Å². The summed E-state index contributed by atoms with van der Waals surface area (Å²) >= 11 is 1.38. The van der Waals surface area contributed by atoms with Crippen molar-refractivity contribution in [2.75, 3.05) is 0 Å². The molecule has 0 aliphatic heterocycles. The van der Waals surface area contributed by atoms with E-state index in [1.807, 2.05) is 93.6 Å². The SMILES string of the molecule is CC(C)(C)C(c1ccccc1)[C@H](NC(=O)OCc1cncs1)[C@@H](O)C[C@H](Cc1ccc(-c2ccccn2)cc1)NC(=O)O. The Labute approximate surface area is 256 Å². The second-order valence-corrected chi connectivity index (χ2v) is 12.5. The Kier molecular flexibility index (Phi) is 10.9. The molecular weight excluding hydrogens is 564 g/mol. The molecule has 4 rings (SSSR count). The number of pyridine rings is 1. The molecule has 43 heavy (non-hydrogen) atoms. The molecule has 0 saturated carbocycles. The Morgan fingerprint density at radius 3 is 2.30 bits per heavy atom. The number of hydrogen-bond acceptors (Lipinski definition) is 7. The van der Waals surface area contributed by atoms with Gasteiger partial charge in [0.2, 0.25) is 0 Å². The van der Waals surface area contributed by atoms with E-state index >= 15 is 0 Å². The highest BCUT2D eigenvalue weighted by Gasteiger charge is 2.39. The number of thiazole rings is 1. The second kappa shape index (κ2) is 14.8. The molecule has 2 aromatic carbocycles. The van der Waals surface area contributed by atoms with Crippen molar-refractivity contribution in [3.05, 3.63) is 107 Å². The summed E-state index contributed by atoms with van der Waals surface area (Å²) in [5, 5.41) is 26.9. The molecule has 2 heterocycles. The number of hydrogen-bond donors (Lipinski definition) is 4. The van der Waals surface area contributed by atoms with E-state index in [9.17, 15) is 19.8 Å². The summed E-state index contributed by atoms with van der Waals surface area (Å²) < 4.78 is 5.47. The summed E-state index contributed by atoms with van der Waals surface area (Å²) in [6.07, 6.45) is 0.814. The van der Waals surface area contributed by atoms with E-state index in [-0.39, 0.29) is 24.4 Å². The van der Waals surface area contributed by atoms with Crippen LogP contribution < -0.4 is 10.6 Å². The van der Waals surface area contributed by atoms with Crippen molar-refractivity contribution in [1.29, 1.82) is 0 Å². The van der Waals surface area contributed by atoms with Gasteiger partial charge in [0.1, 0.15) is 6.61 Å². The Hall–Kier alpha value is -4.28. The van der Waals surface area contributed by atoms with Crippen LogP contribution in [-0.4, -0.2) is 50.6 Å². The highest BCUT2D eigenvalue weighted by molar-refractivity contribution is 7.09. The number of aromatic nitrogens is 2. The number of rotatable bonds is 12. The van der Waals surface area contributed by atoms with Gasteiger partial charge in [0, 0.05) is 29.9 Å². The van der Waals surface area contributed by atoms with Crippen LogP contribution in [0.1, 0.15) is 49.1 Å². The summed E-state index contributed by atoms with van der Waals surface area (Å²) in [5.41, 5.74) is 4.91. The maximum absolute atomic E-state index is 13.0. The summed E-state index contributed by atoms with van der Waals surface area (Å²) in [5.74, 6) is -0.317. The van der Waals surface area contributed by atoms with Crippen LogP contribution in [-0.2, 0) is 17.8 Å². The Bertz CT molecular complexity index is 1430. The highest BCUT2D eigenvalue weighted by atomic mass is 32.1. The number of carbonyl (C=O) groups excluding carboxylic acids is 1. The number of carboxylic acid groups (broad SMARTS) is 1. The van der Waals surface area contributed by atoms with E-state index in [0.29, 0.717) is 6.42 Å². The first kappa shape index (κ1) is 31.7. The monoisotopic (exact) mass is 602 g/mol. The van der Waals surface area contributed by atoms with E-state index in [0.717, 1.165) is 27.3 Å². The molecule has 2 aromatic heterocycles. The van der Waals surface area contributed by atoms with Crippen LogP contribution in [0.3, 0.4) is 0 Å². The van der Waals surface area contributed by atoms with Crippen LogP contribution in [0.25, 0.3) is 11.3 Å². The van der Waals surface area contributed by atoms with Crippen molar-refractivity contribution in [3.63, 3.8) is 0 Å². The maximum Gasteiger partial charge on any atom is 0.407 e. The molecule has 4 N–H and O–H groups in total. The van der Waals surface area contributed by atoms with Crippen LogP contribution >= 0.6 is 11.3 Å². The molecule has 0 aliphatic carbocycles. The number of amides is 2. The topological polar surface area (TPSA) is 134 Å². The molecule has 0 spiro atoms. The first-order valence-corrected chi connectivity index (χ1v) is 15.0. The predicted molar refractivity (Wildman–Crippen MR) is 167 cm³/mol. The van der Waals surface area contributed by atoms with E-state index in [1.165, 1.54) is 11.3 Å². The Balaban J connectivity index is 1.56. The van der Waals surface area contributed by atoms with Crippen LogP contribution in [0.15, 0.2) is 90.7 Å². The van der Waals surface area contributed by atoms with E-state index in [4.69, 9.17) is 4.74 Å². The van der Waals surface area contributed by atoms with Crippen LogP contribution in [0.4, 0.5) is 9.59 Å². The lowest BCUT2D eigenvalue weighted by Crippen LogP contribution is -2.52. The quantitative estimate of drug-likeness (QED) is 0.150. The van der Waals surface area contributed by atoms with E-state index in [1.54, 1.807) is 17.9 Å².